The molecule has 0 saturated carbocycles. The van der Waals surface area contributed by atoms with Gasteiger partial charge in [-0.05, 0) is 17.7 Å². The summed E-state index contributed by atoms with van der Waals surface area (Å²) in [6.45, 7) is 0.208. The van der Waals surface area contributed by atoms with Gasteiger partial charge in [0, 0.05) is 25.4 Å². The lowest BCUT2D eigenvalue weighted by Crippen LogP contribution is -2.44. The van der Waals surface area contributed by atoms with Crippen molar-refractivity contribution in [3.05, 3.63) is 23.8 Å². The van der Waals surface area contributed by atoms with E-state index in [1.54, 1.807) is 0 Å². The molecule has 5 N–H and O–H groups in total. The fourth-order valence-electron chi connectivity index (χ4n) is 2.31. The van der Waals surface area contributed by atoms with Gasteiger partial charge in [0.2, 0.25) is 5.91 Å². The van der Waals surface area contributed by atoms with E-state index in [1.807, 2.05) is 0 Å². The molecular weight excluding hydrogens is 264 g/mol. The number of nitrogens with two attached hydrogens (primary N) is 1. The average Bonchev–Trinajstić information content (AvgIpc) is 2.69. The molecule has 0 aliphatic carbocycles. The van der Waals surface area contributed by atoms with E-state index in [1.165, 1.54) is 23.1 Å². The number of amides is 1. The third-order valence-electron chi connectivity index (χ3n) is 3.32. The molecule has 0 bridgehead atoms. The van der Waals surface area contributed by atoms with Crippen LogP contribution in [-0.4, -0.2) is 50.7 Å². The van der Waals surface area contributed by atoms with Crippen molar-refractivity contribution in [3.63, 3.8) is 0 Å². The zero-order valence-corrected chi connectivity index (χ0v) is 10.7. The SMILES string of the molecule is NC1CC(=O)N([C@@H](Cc2ccc(O)c(O)c2)C(=O)O)C1. The van der Waals surface area contributed by atoms with Gasteiger partial charge in [0.15, 0.2) is 11.5 Å². The molecule has 108 valence electrons. The normalized spacial score (nSPS) is 20.1. The highest BCUT2D eigenvalue weighted by atomic mass is 16.4. The Labute approximate surface area is 115 Å². The highest BCUT2D eigenvalue weighted by Gasteiger charge is 2.36. The van der Waals surface area contributed by atoms with Crippen LogP contribution in [0.1, 0.15) is 12.0 Å². The van der Waals surface area contributed by atoms with E-state index in [0.29, 0.717) is 5.56 Å². The first-order chi connectivity index (χ1) is 9.38. The predicted octanol–water partition coefficient (Wildman–Crippen LogP) is -0.347. The minimum atomic E-state index is -1.12. The number of nitrogens with zero attached hydrogens (tertiary/aromatic N) is 1. The van der Waals surface area contributed by atoms with E-state index in [-0.39, 0.29) is 42.8 Å². The lowest BCUT2D eigenvalue weighted by Gasteiger charge is -2.24. The highest BCUT2D eigenvalue weighted by molar-refractivity contribution is 5.85. The Balaban J connectivity index is 2.19. The Hall–Kier alpha value is -2.28. The maximum absolute atomic E-state index is 11.7. The molecule has 0 aromatic heterocycles. The third kappa shape index (κ3) is 2.83. The van der Waals surface area contributed by atoms with E-state index in [2.05, 4.69) is 0 Å². The molecule has 0 radical (unpaired) electrons. The molecule has 1 heterocycles. The second-order valence-electron chi connectivity index (χ2n) is 4.89. The lowest BCUT2D eigenvalue weighted by atomic mass is 10.0. The molecule has 1 aliphatic heterocycles. The molecular formula is C13H16N2O5. The third-order valence-corrected chi connectivity index (χ3v) is 3.32. The number of hydrogen-bond acceptors (Lipinski definition) is 5. The summed E-state index contributed by atoms with van der Waals surface area (Å²) >= 11 is 0. The van der Waals surface area contributed by atoms with Crippen LogP contribution in [0.25, 0.3) is 0 Å². The van der Waals surface area contributed by atoms with E-state index in [4.69, 9.17) is 5.73 Å². The number of likely N-dealkylation sites (tertiary alicyclic amines) is 1. The summed E-state index contributed by atoms with van der Waals surface area (Å²) in [7, 11) is 0. The Morgan fingerprint density at radius 2 is 2.10 bits per heavy atom. The number of carbonyl (C=O) groups is 2. The Morgan fingerprint density at radius 1 is 1.40 bits per heavy atom. The fourth-order valence-corrected chi connectivity index (χ4v) is 2.31. The van der Waals surface area contributed by atoms with Crippen LogP contribution < -0.4 is 5.73 Å². The van der Waals surface area contributed by atoms with Crippen LogP contribution >= 0.6 is 0 Å². The monoisotopic (exact) mass is 280 g/mol. The molecule has 1 aliphatic rings. The summed E-state index contributed by atoms with van der Waals surface area (Å²) in [6.07, 6.45) is 0.187. The van der Waals surface area contributed by atoms with Gasteiger partial charge in [-0.1, -0.05) is 6.07 Å². The van der Waals surface area contributed by atoms with Crippen molar-refractivity contribution in [1.82, 2.24) is 4.90 Å². The number of phenolic OH excluding ortho intramolecular Hbond substituents is 2. The molecule has 1 aromatic carbocycles. The van der Waals surface area contributed by atoms with Gasteiger partial charge in [-0.3, -0.25) is 4.79 Å². The number of hydrogen-bond donors (Lipinski definition) is 4. The molecule has 7 heteroatoms. The molecule has 2 atom stereocenters. The van der Waals surface area contributed by atoms with E-state index in [9.17, 15) is 24.9 Å². The number of aliphatic carboxylic acids is 1. The summed E-state index contributed by atoms with van der Waals surface area (Å²) in [5.41, 5.74) is 6.18. The molecule has 20 heavy (non-hydrogen) atoms. The summed E-state index contributed by atoms with van der Waals surface area (Å²) in [5, 5.41) is 27.9. The molecule has 7 nitrogen and oxygen atoms in total. The minimum Gasteiger partial charge on any atom is -0.504 e. The maximum atomic E-state index is 11.7. The van der Waals surface area contributed by atoms with Crippen molar-refractivity contribution in [1.29, 1.82) is 0 Å². The molecule has 2 rings (SSSR count). The van der Waals surface area contributed by atoms with Crippen molar-refractivity contribution in [2.45, 2.75) is 24.9 Å². The fraction of sp³-hybridized carbons (Fsp3) is 0.385. The molecule has 1 unspecified atom stereocenters. The summed E-state index contributed by atoms with van der Waals surface area (Å²) in [6, 6.07) is 2.69. The number of carbonyl (C=O) groups excluding carboxylic acids is 1. The van der Waals surface area contributed by atoms with E-state index >= 15 is 0 Å². The Kier molecular flexibility index (Phi) is 3.80. The topological polar surface area (TPSA) is 124 Å². The van der Waals surface area contributed by atoms with Crippen molar-refractivity contribution in [2.75, 3.05) is 6.54 Å². The van der Waals surface area contributed by atoms with Crippen molar-refractivity contribution in [2.24, 2.45) is 5.73 Å². The number of carboxylic acid groups (broad SMARTS) is 1. The lowest BCUT2D eigenvalue weighted by molar-refractivity contribution is -0.148. The number of phenols is 2. The van der Waals surface area contributed by atoms with Gasteiger partial charge < -0.3 is 26.0 Å². The largest absolute Gasteiger partial charge is 0.504 e. The van der Waals surface area contributed by atoms with Gasteiger partial charge in [-0.25, -0.2) is 4.79 Å². The van der Waals surface area contributed by atoms with Gasteiger partial charge >= 0.3 is 5.97 Å². The average molecular weight is 280 g/mol. The smallest absolute Gasteiger partial charge is 0.326 e. The van der Waals surface area contributed by atoms with Crippen LogP contribution in [-0.2, 0) is 16.0 Å². The van der Waals surface area contributed by atoms with Crippen LogP contribution in [0.3, 0.4) is 0 Å². The molecule has 1 amide bonds. The maximum Gasteiger partial charge on any atom is 0.326 e. The van der Waals surface area contributed by atoms with Crippen LogP contribution in [0, 0.1) is 0 Å². The molecule has 1 aromatic rings. The van der Waals surface area contributed by atoms with Crippen LogP contribution in [0.5, 0.6) is 11.5 Å². The van der Waals surface area contributed by atoms with Crippen molar-refractivity contribution >= 4 is 11.9 Å². The highest BCUT2D eigenvalue weighted by Crippen LogP contribution is 2.26. The second kappa shape index (κ2) is 5.38. The molecule has 0 spiro atoms. The van der Waals surface area contributed by atoms with Crippen LogP contribution in [0.15, 0.2) is 18.2 Å². The first-order valence-corrected chi connectivity index (χ1v) is 6.17. The Bertz CT molecular complexity index is 546. The van der Waals surface area contributed by atoms with Crippen molar-refractivity contribution < 1.29 is 24.9 Å². The molecule has 1 saturated heterocycles. The zero-order chi connectivity index (χ0) is 14.9. The van der Waals surface area contributed by atoms with Gasteiger partial charge in [-0.15, -0.1) is 0 Å². The summed E-state index contributed by atoms with van der Waals surface area (Å²) in [5.74, 6) is -2.01. The first-order valence-electron chi connectivity index (χ1n) is 6.17. The predicted molar refractivity (Wildman–Crippen MR) is 69.2 cm³/mol. The van der Waals surface area contributed by atoms with E-state index < -0.39 is 12.0 Å². The Morgan fingerprint density at radius 3 is 2.60 bits per heavy atom. The summed E-state index contributed by atoms with van der Waals surface area (Å²) < 4.78 is 0. The number of benzene rings is 1. The van der Waals surface area contributed by atoms with Gasteiger partial charge in [0.1, 0.15) is 6.04 Å². The first kappa shape index (κ1) is 14.1. The van der Waals surface area contributed by atoms with Crippen LogP contribution in [0.4, 0.5) is 0 Å². The second-order valence-corrected chi connectivity index (χ2v) is 4.89. The van der Waals surface area contributed by atoms with E-state index in [0.717, 1.165) is 0 Å². The summed E-state index contributed by atoms with van der Waals surface area (Å²) in [4.78, 5) is 24.3. The number of rotatable bonds is 4. The quantitative estimate of drug-likeness (QED) is 0.559. The van der Waals surface area contributed by atoms with Gasteiger partial charge in [0.05, 0.1) is 0 Å². The van der Waals surface area contributed by atoms with Gasteiger partial charge in [-0.2, -0.15) is 0 Å². The van der Waals surface area contributed by atoms with Gasteiger partial charge in [0.25, 0.3) is 0 Å². The minimum absolute atomic E-state index is 0.0433. The number of aromatic hydroxyl groups is 2. The van der Waals surface area contributed by atoms with Crippen molar-refractivity contribution in [3.8, 4) is 11.5 Å². The number of carboxylic acids is 1. The standard InChI is InChI=1S/C13H16N2O5/c14-8-5-12(18)15(6-8)9(13(19)20)3-7-1-2-10(16)11(17)4-7/h1-2,4,8-9,16-17H,3,5-6,14H2,(H,19,20)/t8?,9-/m0/s1. The molecule has 1 fully saturated rings. The zero-order valence-electron chi connectivity index (χ0n) is 10.7. The van der Waals surface area contributed by atoms with Crippen LogP contribution in [0.2, 0.25) is 0 Å².